The van der Waals surface area contributed by atoms with Crippen LogP contribution in [0.3, 0.4) is 0 Å². The maximum Gasteiger partial charge on any atom is 0.0835 e. The van der Waals surface area contributed by atoms with E-state index in [1.807, 2.05) is 0 Å². The van der Waals surface area contributed by atoms with Gasteiger partial charge in [-0.05, 0) is 25.2 Å². The number of nitrogens with one attached hydrogen (secondary N) is 1. The highest BCUT2D eigenvalue weighted by molar-refractivity contribution is 4.98. The Morgan fingerprint density at radius 3 is 2.41 bits per heavy atom. The van der Waals surface area contributed by atoms with Gasteiger partial charge in [0, 0.05) is 12.6 Å². The van der Waals surface area contributed by atoms with Crippen LogP contribution < -0.4 is 5.32 Å². The second-order valence-corrected chi connectivity index (χ2v) is 6.37. The molecule has 2 nitrogen and oxygen atoms in total. The number of hydrogen-bond acceptors (Lipinski definition) is 2. The van der Waals surface area contributed by atoms with Gasteiger partial charge in [-0.25, -0.2) is 0 Å². The predicted molar refractivity (Wildman–Crippen MR) is 70.1 cm³/mol. The number of hydrogen-bond donors (Lipinski definition) is 1. The van der Waals surface area contributed by atoms with Crippen molar-refractivity contribution in [2.24, 2.45) is 5.92 Å². The molecule has 1 heterocycles. The van der Waals surface area contributed by atoms with E-state index < -0.39 is 0 Å². The maximum absolute atomic E-state index is 6.32. The minimum Gasteiger partial charge on any atom is -0.372 e. The van der Waals surface area contributed by atoms with Crippen molar-refractivity contribution in [2.45, 2.75) is 75.9 Å². The Kier molecular flexibility index (Phi) is 3.72. The molecule has 1 aliphatic heterocycles. The van der Waals surface area contributed by atoms with Crippen molar-refractivity contribution in [3.63, 3.8) is 0 Å². The van der Waals surface area contributed by atoms with Crippen molar-refractivity contribution in [1.82, 2.24) is 5.32 Å². The molecule has 3 rings (SSSR count). The third-order valence-electron chi connectivity index (χ3n) is 4.98. The Morgan fingerprint density at radius 2 is 1.71 bits per heavy atom. The fourth-order valence-electron chi connectivity index (χ4n) is 3.76. The molecule has 0 aromatic heterocycles. The third-order valence-corrected chi connectivity index (χ3v) is 4.98. The van der Waals surface area contributed by atoms with Gasteiger partial charge in [-0.3, -0.25) is 0 Å². The molecule has 2 saturated carbocycles. The average Bonchev–Trinajstić information content (AvgIpc) is 3.10. The highest BCUT2D eigenvalue weighted by Crippen LogP contribution is 2.41. The van der Waals surface area contributed by atoms with Crippen LogP contribution >= 0.6 is 0 Å². The standard InChI is InChI=1S/C15H27NO/c1-2-4-8-15(9-5-3-1)14(12-13-6-7-13)16-10-11-17-15/h13-14,16H,1-12H2. The molecule has 3 aliphatic rings. The zero-order valence-corrected chi connectivity index (χ0v) is 11.0. The van der Waals surface area contributed by atoms with Crippen molar-refractivity contribution in [1.29, 1.82) is 0 Å². The van der Waals surface area contributed by atoms with E-state index in [2.05, 4.69) is 5.32 Å². The van der Waals surface area contributed by atoms with Crippen molar-refractivity contribution < 1.29 is 4.74 Å². The van der Waals surface area contributed by atoms with Crippen LogP contribution in [-0.4, -0.2) is 24.8 Å². The number of ether oxygens (including phenoxy) is 1. The van der Waals surface area contributed by atoms with Gasteiger partial charge in [0.15, 0.2) is 0 Å². The van der Waals surface area contributed by atoms with Gasteiger partial charge < -0.3 is 10.1 Å². The van der Waals surface area contributed by atoms with Crippen LogP contribution in [0.2, 0.25) is 0 Å². The van der Waals surface area contributed by atoms with E-state index in [9.17, 15) is 0 Å². The quantitative estimate of drug-likeness (QED) is 0.796. The molecule has 0 amide bonds. The molecular formula is C15H27NO. The third kappa shape index (κ3) is 2.85. The normalized spacial score (nSPS) is 34.2. The van der Waals surface area contributed by atoms with Crippen molar-refractivity contribution >= 4 is 0 Å². The Hall–Kier alpha value is -0.0800. The van der Waals surface area contributed by atoms with Gasteiger partial charge in [-0.15, -0.1) is 0 Å². The first-order valence-electron chi connectivity index (χ1n) is 7.76. The van der Waals surface area contributed by atoms with Gasteiger partial charge >= 0.3 is 0 Å². The Morgan fingerprint density at radius 1 is 1.00 bits per heavy atom. The minimum atomic E-state index is 0.210. The van der Waals surface area contributed by atoms with Crippen LogP contribution in [0.1, 0.15) is 64.2 Å². The Balaban J connectivity index is 1.68. The molecule has 17 heavy (non-hydrogen) atoms. The fraction of sp³-hybridized carbons (Fsp3) is 1.00. The smallest absolute Gasteiger partial charge is 0.0835 e. The van der Waals surface area contributed by atoms with Crippen LogP contribution in [0.4, 0.5) is 0 Å². The molecule has 1 spiro atoms. The van der Waals surface area contributed by atoms with Gasteiger partial charge in [0.25, 0.3) is 0 Å². The lowest BCUT2D eigenvalue weighted by atomic mass is 9.78. The minimum absolute atomic E-state index is 0.210. The summed E-state index contributed by atoms with van der Waals surface area (Å²) >= 11 is 0. The van der Waals surface area contributed by atoms with Gasteiger partial charge in [-0.2, -0.15) is 0 Å². The molecule has 1 N–H and O–H groups in total. The summed E-state index contributed by atoms with van der Waals surface area (Å²) in [7, 11) is 0. The van der Waals surface area contributed by atoms with Crippen molar-refractivity contribution in [2.75, 3.05) is 13.2 Å². The molecule has 3 fully saturated rings. The van der Waals surface area contributed by atoms with Gasteiger partial charge in [0.05, 0.1) is 12.2 Å². The second-order valence-electron chi connectivity index (χ2n) is 6.37. The average molecular weight is 237 g/mol. The predicted octanol–water partition coefficient (Wildman–Crippen LogP) is 3.26. The summed E-state index contributed by atoms with van der Waals surface area (Å²) in [6.07, 6.45) is 13.9. The maximum atomic E-state index is 6.32. The lowest BCUT2D eigenvalue weighted by molar-refractivity contribution is -0.114. The largest absolute Gasteiger partial charge is 0.372 e. The molecule has 0 aromatic rings. The van der Waals surface area contributed by atoms with E-state index in [-0.39, 0.29) is 5.60 Å². The van der Waals surface area contributed by atoms with Crippen molar-refractivity contribution in [3.05, 3.63) is 0 Å². The summed E-state index contributed by atoms with van der Waals surface area (Å²) in [5, 5.41) is 3.77. The van der Waals surface area contributed by atoms with Crippen molar-refractivity contribution in [3.8, 4) is 0 Å². The lowest BCUT2D eigenvalue weighted by Gasteiger charge is -2.46. The zero-order valence-electron chi connectivity index (χ0n) is 11.0. The van der Waals surface area contributed by atoms with E-state index in [0.29, 0.717) is 6.04 Å². The first kappa shape index (κ1) is 12.0. The zero-order chi connectivity index (χ0) is 11.6. The molecule has 2 heteroatoms. The first-order chi connectivity index (χ1) is 8.39. The topological polar surface area (TPSA) is 21.3 Å². The van der Waals surface area contributed by atoms with Crippen LogP contribution in [0.5, 0.6) is 0 Å². The number of rotatable bonds is 2. The summed E-state index contributed by atoms with van der Waals surface area (Å²) < 4.78 is 6.32. The molecule has 1 atom stereocenters. The van der Waals surface area contributed by atoms with Crippen LogP contribution in [0.25, 0.3) is 0 Å². The summed E-state index contributed by atoms with van der Waals surface area (Å²) in [6, 6.07) is 0.654. The van der Waals surface area contributed by atoms with E-state index in [4.69, 9.17) is 4.74 Å². The summed E-state index contributed by atoms with van der Waals surface area (Å²) in [6.45, 7) is 2.00. The fourth-order valence-corrected chi connectivity index (χ4v) is 3.76. The highest BCUT2D eigenvalue weighted by atomic mass is 16.5. The molecule has 2 aliphatic carbocycles. The Bertz CT molecular complexity index is 241. The molecule has 0 aromatic carbocycles. The van der Waals surface area contributed by atoms with Gasteiger partial charge in [0.1, 0.15) is 0 Å². The Labute approximate surface area is 105 Å². The first-order valence-corrected chi connectivity index (χ1v) is 7.76. The van der Waals surface area contributed by atoms with Crippen LogP contribution in [0.15, 0.2) is 0 Å². The summed E-state index contributed by atoms with van der Waals surface area (Å²) in [4.78, 5) is 0. The highest BCUT2D eigenvalue weighted by Gasteiger charge is 2.43. The summed E-state index contributed by atoms with van der Waals surface area (Å²) in [5.41, 5.74) is 0.210. The second kappa shape index (κ2) is 5.27. The van der Waals surface area contributed by atoms with Gasteiger partial charge in [0.2, 0.25) is 0 Å². The molecule has 0 radical (unpaired) electrons. The molecule has 1 unspecified atom stereocenters. The molecule has 1 saturated heterocycles. The van der Waals surface area contributed by atoms with Crippen LogP contribution in [-0.2, 0) is 4.74 Å². The van der Waals surface area contributed by atoms with E-state index in [1.54, 1.807) is 0 Å². The molecule has 0 bridgehead atoms. The summed E-state index contributed by atoms with van der Waals surface area (Å²) in [5.74, 6) is 1.01. The SMILES string of the molecule is C1CCCC2(CCC1)OCCNC2CC1CC1. The molecule has 98 valence electrons. The number of morpholine rings is 1. The van der Waals surface area contributed by atoms with E-state index >= 15 is 0 Å². The lowest BCUT2D eigenvalue weighted by Crippen LogP contribution is -2.58. The van der Waals surface area contributed by atoms with Crippen LogP contribution in [0, 0.1) is 5.92 Å². The molecular weight excluding hydrogens is 210 g/mol. The monoisotopic (exact) mass is 237 g/mol. The van der Waals surface area contributed by atoms with E-state index in [1.165, 1.54) is 64.2 Å². The van der Waals surface area contributed by atoms with E-state index in [0.717, 1.165) is 19.1 Å². The van der Waals surface area contributed by atoms with Gasteiger partial charge in [-0.1, -0.05) is 44.9 Å².